The molecule has 8 heteroatoms. The first-order valence-electron chi connectivity index (χ1n) is 9.51. The van der Waals surface area contributed by atoms with E-state index in [0.29, 0.717) is 45.3 Å². The van der Waals surface area contributed by atoms with Gasteiger partial charge in [0.25, 0.3) is 5.91 Å². The number of para-hydroxylation sites is 2. The van der Waals surface area contributed by atoms with Crippen molar-refractivity contribution < 1.29 is 14.3 Å². The minimum atomic E-state index is -0.160. The first kappa shape index (κ1) is 22.3. The van der Waals surface area contributed by atoms with Crippen molar-refractivity contribution in [2.75, 3.05) is 18.5 Å². The number of nitrogens with one attached hydrogen (secondary N) is 1. The number of thiocarbonyl (C=S) groups is 1. The van der Waals surface area contributed by atoms with Gasteiger partial charge in [-0.3, -0.25) is 14.5 Å². The number of anilines is 1. The van der Waals surface area contributed by atoms with Gasteiger partial charge < -0.3 is 10.1 Å². The molecule has 2 amide bonds. The third-order valence-electron chi connectivity index (χ3n) is 4.31. The zero-order valence-corrected chi connectivity index (χ0v) is 18.8. The van der Waals surface area contributed by atoms with Gasteiger partial charge in [0.2, 0.25) is 5.91 Å². The predicted molar refractivity (Wildman–Crippen MR) is 127 cm³/mol. The summed E-state index contributed by atoms with van der Waals surface area (Å²) in [6.07, 6.45) is 2.51. The maximum atomic E-state index is 12.7. The molecule has 1 heterocycles. The van der Waals surface area contributed by atoms with Gasteiger partial charge in [-0.1, -0.05) is 65.9 Å². The summed E-state index contributed by atoms with van der Waals surface area (Å²) < 4.78 is 6.00. The number of halogens is 1. The molecule has 1 saturated heterocycles. The highest BCUT2D eigenvalue weighted by atomic mass is 35.5. The predicted octanol–water partition coefficient (Wildman–Crippen LogP) is 5.36. The highest BCUT2D eigenvalue weighted by Crippen LogP contribution is 2.34. The van der Waals surface area contributed by atoms with Crippen LogP contribution in [0.5, 0.6) is 5.75 Å². The number of rotatable bonds is 8. The Labute approximate surface area is 190 Å². The third kappa shape index (κ3) is 5.62. The quantitative estimate of drug-likeness (QED) is 0.424. The molecule has 0 bridgehead atoms. The molecular weight excluding hydrogens is 440 g/mol. The SMILES string of the molecule is CCOc1ccccc1NC(=O)CCCN1C(=O)/C(=C\c2ccccc2Cl)SC1=S. The molecule has 156 valence electrons. The Morgan fingerprint density at radius 2 is 1.97 bits per heavy atom. The van der Waals surface area contributed by atoms with E-state index in [2.05, 4.69) is 5.32 Å². The van der Waals surface area contributed by atoms with Crippen LogP contribution >= 0.6 is 35.6 Å². The van der Waals surface area contributed by atoms with E-state index in [0.717, 1.165) is 5.56 Å². The van der Waals surface area contributed by atoms with E-state index < -0.39 is 0 Å². The van der Waals surface area contributed by atoms with Crippen LogP contribution in [0.2, 0.25) is 5.02 Å². The second-order valence-electron chi connectivity index (χ2n) is 6.44. The lowest BCUT2D eigenvalue weighted by Gasteiger charge is -2.14. The fourth-order valence-corrected chi connectivity index (χ4v) is 4.38. The Morgan fingerprint density at radius 1 is 1.23 bits per heavy atom. The van der Waals surface area contributed by atoms with Crippen LogP contribution in [-0.2, 0) is 9.59 Å². The van der Waals surface area contributed by atoms with Crippen LogP contribution in [0.25, 0.3) is 6.08 Å². The Kier molecular flexibility index (Phi) is 7.90. The Bertz CT molecular complexity index is 994. The minimum Gasteiger partial charge on any atom is -0.492 e. The third-order valence-corrected chi connectivity index (χ3v) is 6.03. The topological polar surface area (TPSA) is 58.6 Å². The highest BCUT2D eigenvalue weighted by Gasteiger charge is 2.31. The molecule has 0 unspecified atom stereocenters. The molecule has 1 N–H and O–H groups in total. The van der Waals surface area contributed by atoms with Crippen molar-refractivity contribution >= 4 is 63.5 Å². The minimum absolute atomic E-state index is 0.140. The van der Waals surface area contributed by atoms with Gasteiger partial charge in [-0.15, -0.1) is 0 Å². The molecule has 0 saturated carbocycles. The molecule has 1 aliphatic rings. The Balaban J connectivity index is 1.55. The molecule has 1 fully saturated rings. The van der Waals surface area contributed by atoms with Crippen LogP contribution in [-0.4, -0.2) is 34.2 Å². The molecule has 1 aliphatic heterocycles. The number of ether oxygens (including phenoxy) is 1. The molecule has 5 nitrogen and oxygen atoms in total. The van der Waals surface area contributed by atoms with E-state index >= 15 is 0 Å². The number of carbonyl (C=O) groups is 2. The van der Waals surface area contributed by atoms with Crippen molar-refractivity contribution in [3.8, 4) is 5.75 Å². The van der Waals surface area contributed by atoms with Crippen molar-refractivity contribution in [3.05, 3.63) is 64.0 Å². The smallest absolute Gasteiger partial charge is 0.266 e. The first-order chi connectivity index (χ1) is 14.5. The number of hydrogen-bond donors (Lipinski definition) is 1. The zero-order chi connectivity index (χ0) is 21.5. The summed E-state index contributed by atoms with van der Waals surface area (Å²) in [6.45, 7) is 2.79. The van der Waals surface area contributed by atoms with Crippen molar-refractivity contribution in [2.45, 2.75) is 19.8 Å². The van der Waals surface area contributed by atoms with Gasteiger partial charge in [0.15, 0.2) is 0 Å². The van der Waals surface area contributed by atoms with Crippen LogP contribution in [0.1, 0.15) is 25.3 Å². The van der Waals surface area contributed by atoms with E-state index in [9.17, 15) is 9.59 Å². The summed E-state index contributed by atoms with van der Waals surface area (Å²) in [4.78, 5) is 27.1. The zero-order valence-electron chi connectivity index (χ0n) is 16.4. The van der Waals surface area contributed by atoms with E-state index in [4.69, 9.17) is 28.6 Å². The van der Waals surface area contributed by atoms with Crippen LogP contribution in [0.3, 0.4) is 0 Å². The summed E-state index contributed by atoms with van der Waals surface area (Å²) >= 11 is 12.8. The van der Waals surface area contributed by atoms with Gasteiger partial charge >= 0.3 is 0 Å². The maximum absolute atomic E-state index is 12.7. The summed E-state index contributed by atoms with van der Waals surface area (Å²) in [6, 6.07) is 14.6. The monoisotopic (exact) mass is 460 g/mol. The summed E-state index contributed by atoms with van der Waals surface area (Å²) in [5.74, 6) is 0.334. The van der Waals surface area contributed by atoms with E-state index in [-0.39, 0.29) is 18.2 Å². The van der Waals surface area contributed by atoms with Crippen LogP contribution in [0, 0.1) is 0 Å². The van der Waals surface area contributed by atoms with Gasteiger partial charge in [-0.05, 0) is 43.2 Å². The summed E-state index contributed by atoms with van der Waals surface area (Å²) in [7, 11) is 0. The molecular formula is C22H21ClN2O3S2. The largest absolute Gasteiger partial charge is 0.492 e. The molecule has 0 spiro atoms. The normalized spacial score (nSPS) is 15.0. The van der Waals surface area contributed by atoms with Crippen molar-refractivity contribution in [3.63, 3.8) is 0 Å². The number of benzene rings is 2. The maximum Gasteiger partial charge on any atom is 0.266 e. The van der Waals surface area contributed by atoms with Crippen molar-refractivity contribution in [2.24, 2.45) is 0 Å². The number of thioether (sulfide) groups is 1. The lowest BCUT2D eigenvalue weighted by atomic mass is 10.2. The van der Waals surface area contributed by atoms with Crippen molar-refractivity contribution in [1.29, 1.82) is 0 Å². The van der Waals surface area contributed by atoms with Gasteiger partial charge in [0.1, 0.15) is 10.1 Å². The Morgan fingerprint density at radius 3 is 2.73 bits per heavy atom. The number of carbonyl (C=O) groups excluding carboxylic acids is 2. The van der Waals surface area contributed by atoms with Crippen LogP contribution in [0.15, 0.2) is 53.4 Å². The average Bonchev–Trinajstić information content (AvgIpc) is 2.99. The molecule has 0 aliphatic carbocycles. The Hall–Kier alpha value is -2.35. The lowest BCUT2D eigenvalue weighted by molar-refractivity contribution is -0.122. The second kappa shape index (κ2) is 10.6. The standard InChI is InChI=1S/C22H21ClN2O3S2/c1-2-28-18-11-6-5-10-17(18)24-20(26)12-7-13-25-21(27)19(30-22(25)29)14-15-8-3-4-9-16(15)23/h3-6,8-11,14H,2,7,12-13H2,1H3,(H,24,26)/b19-14+. The van der Waals surface area contributed by atoms with Gasteiger partial charge in [0.05, 0.1) is 17.2 Å². The molecule has 2 aromatic rings. The van der Waals surface area contributed by atoms with E-state index in [1.807, 2.05) is 43.3 Å². The fraction of sp³-hybridized carbons (Fsp3) is 0.227. The van der Waals surface area contributed by atoms with Gasteiger partial charge in [-0.25, -0.2) is 0 Å². The summed E-state index contributed by atoms with van der Waals surface area (Å²) in [5, 5.41) is 3.44. The highest BCUT2D eigenvalue weighted by molar-refractivity contribution is 8.26. The van der Waals surface area contributed by atoms with E-state index in [1.165, 1.54) is 16.7 Å². The van der Waals surface area contributed by atoms with Crippen LogP contribution < -0.4 is 10.1 Å². The first-order valence-corrected chi connectivity index (χ1v) is 11.1. The average molecular weight is 461 g/mol. The lowest BCUT2D eigenvalue weighted by Crippen LogP contribution is -2.29. The molecule has 0 atom stereocenters. The molecule has 0 aromatic heterocycles. The van der Waals surface area contributed by atoms with Crippen molar-refractivity contribution in [1.82, 2.24) is 4.90 Å². The fourth-order valence-electron chi connectivity index (χ4n) is 2.89. The molecule has 3 rings (SSSR count). The number of hydrogen-bond acceptors (Lipinski definition) is 5. The molecule has 30 heavy (non-hydrogen) atoms. The van der Waals surface area contributed by atoms with Gasteiger partial charge in [0, 0.05) is 18.0 Å². The molecule has 0 radical (unpaired) electrons. The van der Waals surface area contributed by atoms with Gasteiger partial charge in [-0.2, -0.15) is 0 Å². The number of nitrogens with zero attached hydrogens (tertiary/aromatic N) is 1. The molecule has 2 aromatic carbocycles. The van der Waals surface area contributed by atoms with E-state index in [1.54, 1.807) is 18.2 Å². The van der Waals surface area contributed by atoms with Crippen LogP contribution in [0.4, 0.5) is 5.69 Å². The summed E-state index contributed by atoms with van der Waals surface area (Å²) in [5.41, 5.74) is 1.41. The number of amides is 2. The second-order valence-corrected chi connectivity index (χ2v) is 8.52.